The Kier molecular flexibility index (Phi) is 10.6. The minimum absolute atomic E-state index is 0.130. The van der Waals surface area contributed by atoms with Crippen LogP contribution in [0.25, 0.3) is 0 Å². The minimum Gasteiger partial charge on any atom is -0.466 e. The molecule has 0 bridgehead atoms. The Morgan fingerprint density at radius 1 is 1.13 bits per heavy atom. The van der Waals surface area contributed by atoms with Crippen molar-refractivity contribution in [1.82, 2.24) is 9.80 Å². The Labute approximate surface area is 139 Å². The molecule has 0 aromatic carbocycles. The fourth-order valence-corrected chi connectivity index (χ4v) is 3.38. The highest BCUT2D eigenvalue weighted by molar-refractivity contribution is 7.91. The number of esters is 1. The Morgan fingerprint density at radius 3 is 1.83 bits per heavy atom. The fourth-order valence-electron chi connectivity index (χ4n) is 1.89. The number of nitrogens with zero attached hydrogens (tertiary/aromatic N) is 2. The number of rotatable bonds is 3. The lowest BCUT2D eigenvalue weighted by Crippen LogP contribution is -2.25. The van der Waals surface area contributed by atoms with Crippen molar-refractivity contribution in [2.45, 2.75) is 39.5 Å². The van der Waals surface area contributed by atoms with Gasteiger partial charge in [-0.15, -0.1) is 0 Å². The van der Waals surface area contributed by atoms with Crippen molar-refractivity contribution in [2.24, 2.45) is 0 Å². The largest absolute Gasteiger partial charge is 0.466 e. The Balaban J connectivity index is 0.000000316. The van der Waals surface area contributed by atoms with E-state index in [4.69, 9.17) is 0 Å². The van der Waals surface area contributed by atoms with Gasteiger partial charge >= 0.3 is 12.0 Å². The van der Waals surface area contributed by atoms with E-state index >= 15 is 0 Å². The quantitative estimate of drug-likeness (QED) is 0.569. The summed E-state index contributed by atoms with van der Waals surface area (Å²) < 4.78 is 25.5. The number of sulfone groups is 1. The van der Waals surface area contributed by atoms with E-state index in [1.807, 2.05) is 14.1 Å². The highest BCUT2D eigenvalue weighted by Crippen LogP contribution is 2.08. The van der Waals surface area contributed by atoms with Crippen LogP contribution in [-0.2, 0) is 19.4 Å². The van der Waals surface area contributed by atoms with Crippen LogP contribution in [0.4, 0.5) is 4.79 Å². The molecule has 0 unspecified atom stereocenters. The van der Waals surface area contributed by atoms with Crippen LogP contribution in [0.15, 0.2) is 0 Å². The Morgan fingerprint density at radius 2 is 1.61 bits per heavy atom. The zero-order chi connectivity index (χ0) is 17.9. The fraction of sp³-hybridized carbons (Fsp3) is 0.867. The van der Waals surface area contributed by atoms with Gasteiger partial charge in [0.25, 0.3) is 0 Å². The molecular formula is C15H30N2O5S. The van der Waals surface area contributed by atoms with E-state index in [2.05, 4.69) is 11.7 Å². The van der Waals surface area contributed by atoms with E-state index < -0.39 is 9.84 Å². The van der Waals surface area contributed by atoms with Crippen LogP contribution in [0.5, 0.6) is 0 Å². The van der Waals surface area contributed by atoms with E-state index in [1.54, 1.807) is 9.80 Å². The number of unbranched alkanes of at least 4 members (excludes halogenated alkanes) is 1. The molecule has 0 aromatic rings. The van der Waals surface area contributed by atoms with Crippen LogP contribution in [-0.4, -0.2) is 75.5 Å². The molecule has 0 saturated carbocycles. The van der Waals surface area contributed by atoms with Crippen molar-refractivity contribution in [3.05, 3.63) is 0 Å². The van der Waals surface area contributed by atoms with Gasteiger partial charge in [0.2, 0.25) is 0 Å². The summed E-state index contributed by atoms with van der Waals surface area (Å²) in [5.74, 6) is 0.665. The normalized spacial score (nSPS) is 18.7. The second-order valence-electron chi connectivity index (χ2n) is 5.68. The molecule has 2 aliphatic heterocycles. The average molecular weight is 350 g/mol. The van der Waals surface area contributed by atoms with Gasteiger partial charge in [-0.25, -0.2) is 13.2 Å². The van der Waals surface area contributed by atoms with E-state index in [-0.39, 0.29) is 12.0 Å². The zero-order valence-corrected chi connectivity index (χ0v) is 15.5. The monoisotopic (exact) mass is 350 g/mol. The molecule has 2 saturated heterocycles. The molecular weight excluding hydrogens is 320 g/mol. The molecule has 2 fully saturated rings. The van der Waals surface area contributed by atoms with Gasteiger partial charge in [-0.05, 0) is 19.3 Å². The second-order valence-corrected chi connectivity index (χ2v) is 7.98. The van der Waals surface area contributed by atoms with Gasteiger partial charge in [0, 0.05) is 34.1 Å². The molecule has 2 aliphatic rings. The van der Waals surface area contributed by atoms with Gasteiger partial charge in [0.1, 0.15) is 9.84 Å². The van der Waals surface area contributed by atoms with Crippen LogP contribution in [0, 0.1) is 0 Å². The first kappa shape index (κ1) is 21.7. The van der Waals surface area contributed by atoms with E-state index in [9.17, 15) is 18.0 Å². The number of carbonyl (C=O) groups excluding carboxylic acids is 2. The highest BCUT2D eigenvalue weighted by atomic mass is 32.2. The van der Waals surface area contributed by atoms with E-state index in [0.29, 0.717) is 18.1 Å². The molecule has 0 N–H and O–H groups in total. The lowest BCUT2D eigenvalue weighted by molar-refractivity contribution is -0.141. The lowest BCUT2D eigenvalue weighted by atomic mass is 10.4. The van der Waals surface area contributed by atoms with Crippen LogP contribution in [0.3, 0.4) is 0 Å². The first-order valence-corrected chi connectivity index (χ1v) is 9.81. The number of hydrogen-bond acceptors (Lipinski definition) is 5. The Bertz CT molecular complexity index is 440. The van der Waals surface area contributed by atoms with Crippen LogP contribution >= 0.6 is 0 Å². The van der Waals surface area contributed by atoms with Crippen LogP contribution < -0.4 is 0 Å². The van der Waals surface area contributed by atoms with E-state index in [0.717, 1.165) is 38.8 Å². The summed E-state index contributed by atoms with van der Waals surface area (Å²) in [6, 6.07) is 0.130. The van der Waals surface area contributed by atoms with Crippen molar-refractivity contribution in [3.8, 4) is 0 Å². The molecule has 0 atom stereocenters. The van der Waals surface area contributed by atoms with Gasteiger partial charge in [-0.3, -0.25) is 4.79 Å². The first-order chi connectivity index (χ1) is 10.7. The number of ether oxygens (including phenoxy) is 1. The standard InChI is InChI=1S/C6H12O2.C5H10N2O.C4H8O2S/c1-3-4-5-8-6(2)7;1-6-3-4-7(2)5(6)8;5-7(6)3-1-2-4-7/h3-5H2,1-2H3;3-4H2,1-2H3;1-4H2. The number of amides is 2. The summed E-state index contributed by atoms with van der Waals surface area (Å²) >= 11 is 0. The predicted octanol–water partition coefficient (Wildman–Crippen LogP) is 1.53. The van der Waals surface area contributed by atoms with Gasteiger partial charge in [0.15, 0.2) is 0 Å². The summed E-state index contributed by atoms with van der Waals surface area (Å²) in [6.45, 7) is 5.80. The maximum Gasteiger partial charge on any atom is 0.319 e. The summed E-state index contributed by atoms with van der Waals surface area (Å²) in [4.78, 5) is 24.3. The number of hydrogen-bond donors (Lipinski definition) is 0. The third-order valence-electron chi connectivity index (χ3n) is 3.39. The zero-order valence-electron chi connectivity index (χ0n) is 14.7. The van der Waals surface area contributed by atoms with Crippen molar-refractivity contribution >= 4 is 21.8 Å². The third kappa shape index (κ3) is 11.0. The molecule has 0 aromatic heterocycles. The van der Waals surface area contributed by atoms with Gasteiger partial charge in [-0.2, -0.15) is 0 Å². The highest BCUT2D eigenvalue weighted by Gasteiger charge is 2.20. The summed E-state index contributed by atoms with van der Waals surface area (Å²) in [6.07, 6.45) is 3.80. The van der Waals surface area contributed by atoms with Crippen LogP contribution in [0.2, 0.25) is 0 Å². The molecule has 0 aliphatic carbocycles. The predicted molar refractivity (Wildman–Crippen MR) is 90.1 cm³/mol. The maximum atomic E-state index is 10.8. The Hall–Kier alpha value is -1.31. The maximum absolute atomic E-state index is 10.8. The number of likely N-dealkylation sites (N-methyl/N-ethyl adjacent to an activating group) is 2. The molecule has 7 nitrogen and oxygen atoms in total. The SMILES string of the molecule is CCCCOC(C)=O.CN1CCN(C)C1=O.O=S1(=O)CCCC1. The first-order valence-electron chi connectivity index (χ1n) is 7.99. The smallest absolute Gasteiger partial charge is 0.319 e. The molecule has 23 heavy (non-hydrogen) atoms. The van der Waals surface area contributed by atoms with E-state index in [1.165, 1.54) is 6.92 Å². The summed E-state index contributed by atoms with van der Waals surface area (Å²) in [7, 11) is 1.08. The van der Waals surface area contributed by atoms with Crippen molar-refractivity contribution in [3.63, 3.8) is 0 Å². The molecule has 2 rings (SSSR count). The lowest BCUT2D eigenvalue weighted by Gasteiger charge is -2.07. The van der Waals surface area contributed by atoms with Gasteiger partial charge in [0.05, 0.1) is 18.1 Å². The van der Waals surface area contributed by atoms with Crippen molar-refractivity contribution in [1.29, 1.82) is 0 Å². The van der Waals surface area contributed by atoms with Crippen molar-refractivity contribution < 1.29 is 22.7 Å². The van der Waals surface area contributed by atoms with Crippen molar-refractivity contribution in [2.75, 3.05) is 45.3 Å². The molecule has 2 heterocycles. The second kappa shape index (κ2) is 11.3. The van der Waals surface area contributed by atoms with Gasteiger partial charge < -0.3 is 14.5 Å². The third-order valence-corrected chi connectivity index (χ3v) is 5.21. The van der Waals surface area contributed by atoms with Crippen LogP contribution in [0.1, 0.15) is 39.5 Å². The number of urea groups is 1. The molecule has 136 valence electrons. The molecule has 2 amide bonds. The molecule has 0 radical (unpaired) electrons. The average Bonchev–Trinajstić information content (AvgIpc) is 3.00. The molecule has 0 spiro atoms. The van der Waals surface area contributed by atoms with Gasteiger partial charge in [-0.1, -0.05) is 13.3 Å². The summed E-state index contributed by atoms with van der Waals surface area (Å²) in [5.41, 5.74) is 0. The minimum atomic E-state index is -2.55. The topological polar surface area (TPSA) is 84.0 Å². The summed E-state index contributed by atoms with van der Waals surface area (Å²) in [5, 5.41) is 0. The molecule has 8 heteroatoms. The number of carbonyl (C=O) groups is 2.